The zero-order chi connectivity index (χ0) is 22.9. The number of nitrogens with one attached hydrogen (secondary N) is 1. The molecule has 4 aromatic heterocycles. The van der Waals surface area contributed by atoms with Crippen molar-refractivity contribution < 1.29 is 0 Å². The van der Waals surface area contributed by atoms with Gasteiger partial charge >= 0.3 is 0 Å². The maximum absolute atomic E-state index is 4.90. The summed E-state index contributed by atoms with van der Waals surface area (Å²) in [4.78, 5) is 9.55. The van der Waals surface area contributed by atoms with Gasteiger partial charge in [-0.25, -0.2) is 15.1 Å². The average Bonchev–Trinajstić information content (AvgIpc) is 3.54. The highest BCUT2D eigenvalue weighted by Gasteiger charge is 2.18. The Morgan fingerprint density at radius 2 is 1.88 bits per heavy atom. The molecule has 4 heterocycles. The second-order valence-electron chi connectivity index (χ2n) is 8.69. The number of aryl methyl sites for hydroxylation is 2. The molecule has 0 saturated heterocycles. The fraction of sp³-hybridized carbons (Fsp3) is 0.320. The first kappa shape index (κ1) is 21.1. The van der Waals surface area contributed by atoms with Crippen molar-refractivity contribution in [1.29, 1.82) is 0 Å². The third kappa shape index (κ3) is 3.82. The minimum Gasteiger partial charge on any atom is -0.344 e. The zero-order valence-corrected chi connectivity index (χ0v) is 19.4. The molecule has 0 aliphatic carbocycles. The van der Waals surface area contributed by atoms with Gasteiger partial charge in [0.25, 0.3) is 0 Å². The topological polar surface area (TPSA) is 90.1 Å². The summed E-state index contributed by atoms with van der Waals surface area (Å²) in [5, 5.41) is 14.5. The van der Waals surface area contributed by atoms with Gasteiger partial charge in [0.15, 0.2) is 11.5 Å². The molecule has 33 heavy (non-hydrogen) atoms. The maximum atomic E-state index is 4.90. The van der Waals surface area contributed by atoms with Crippen LogP contribution in [-0.4, -0.2) is 39.7 Å². The van der Waals surface area contributed by atoms with Crippen molar-refractivity contribution in [1.82, 2.24) is 39.7 Å². The second kappa shape index (κ2) is 8.61. The van der Waals surface area contributed by atoms with E-state index in [1.165, 1.54) is 5.56 Å². The Bertz CT molecular complexity index is 1370. The lowest BCUT2D eigenvalue weighted by Gasteiger charge is -2.15. The van der Waals surface area contributed by atoms with E-state index in [2.05, 4.69) is 99.0 Å². The van der Waals surface area contributed by atoms with Crippen LogP contribution in [0.1, 0.15) is 50.2 Å². The predicted octanol–water partition coefficient (Wildman–Crippen LogP) is 4.97. The number of nitrogens with zero attached hydrogens (tertiary/aromatic N) is 7. The molecule has 0 aliphatic heterocycles. The van der Waals surface area contributed by atoms with Crippen LogP contribution in [0.4, 0.5) is 0 Å². The molecule has 1 N–H and O–H groups in total. The maximum Gasteiger partial charge on any atom is 0.181 e. The average molecular weight is 441 g/mol. The normalized spacial score (nSPS) is 11.7. The number of H-pyrrole nitrogens is 1. The number of fused-ring (bicyclic) bond motifs is 1. The third-order valence-electron chi connectivity index (χ3n) is 6.03. The van der Waals surface area contributed by atoms with Crippen LogP contribution < -0.4 is 0 Å². The van der Waals surface area contributed by atoms with E-state index >= 15 is 0 Å². The molecule has 5 aromatic rings. The molecule has 0 amide bonds. The lowest BCUT2D eigenvalue weighted by molar-refractivity contribution is 0.610. The van der Waals surface area contributed by atoms with E-state index in [0.29, 0.717) is 11.9 Å². The number of imidazole rings is 1. The van der Waals surface area contributed by atoms with Crippen molar-refractivity contribution >= 4 is 11.2 Å². The largest absolute Gasteiger partial charge is 0.344 e. The van der Waals surface area contributed by atoms with Gasteiger partial charge in [0.2, 0.25) is 0 Å². The number of benzene rings is 1. The number of tetrazole rings is 1. The van der Waals surface area contributed by atoms with Crippen molar-refractivity contribution in [2.75, 3.05) is 0 Å². The van der Waals surface area contributed by atoms with E-state index in [1.54, 1.807) is 0 Å². The first-order valence-electron chi connectivity index (χ1n) is 11.4. The van der Waals surface area contributed by atoms with Crippen molar-refractivity contribution in [3.05, 3.63) is 65.7 Å². The van der Waals surface area contributed by atoms with Gasteiger partial charge in [-0.2, -0.15) is 0 Å². The summed E-state index contributed by atoms with van der Waals surface area (Å²) < 4.78 is 4.51. The van der Waals surface area contributed by atoms with Crippen LogP contribution in [0.3, 0.4) is 0 Å². The van der Waals surface area contributed by atoms with Crippen LogP contribution in [0.15, 0.2) is 48.8 Å². The quantitative estimate of drug-likeness (QED) is 0.386. The summed E-state index contributed by atoms with van der Waals surface area (Å²) in [7, 11) is 0. The molecule has 0 saturated carbocycles. The van der Waals surface area contributed by atoms with E-state index in [4.69, 9.17) is 4.98 Å². The zero-order valence-electron chi connectivity index (χ0n) is 19.4. The summed E-state index contributed by atoms with van der Waals surface area (Å²) in [6, 6.07) is 13.1. The fourth-order valence-electron chi connectivity index (χ4n) is 4.36. The summed E-state index contributed by atoms with van der Waals surface area (Å²) in [5.74, 6) is 1.76. The monoisotopic (exact) mass is 440 g/mol. The highest BCUT2D eigenvalue weighted by molar-refractivity contribution is 5.79. The number of pyridine rings is 1. The second-order valence-corrected chi connectivity index (χ2v) is 8.69. The molecule has 1 aromatic carbocycles. The highest BCUT2D eigenvalue weighted by Crippen LogP contribution is 2.33. The molecule has 0 fully saturated rings. The van der Waals surface area contributed by atoms with Crippen molar-refractivity contribution in [3.63, 3.8) is 0 Å². The van der Waals surface area contributed by atoms with E-state index in [9.17, 15) is 0 Å². The number of hydrogen-bond acceptors (Lipinski definition) is 5. The molecule has 0 atom stereocenters. The minimum atomic E-state index is 0.313. The fourth-order valence-corrected chi connectivity index (χ4v) is 4.36. The molecule has 168 valence electrons. The van der Waals surface area contributed by atoms with Gasteiger partial charge in [-0.1, -0.05) is 31.2 Å². The Morgan fingerprint density at radius 3 is 2.58 bits per heavy atom. The van der Waals surface area contributed by atoms with Gasteiger partial charge in [-0.15, -0.1) is 5.10 Å². The first-order chi connectivity index (χ1) is 16.1. The van der Waals surface area contributed by atoms with E-state index < -0.39 is 0 Å². The lowest BCUT2D eigenvalue weighted by Crippen LogP contribution is -2.06. The molecular weight excluding hydrogens is 412 g/mol. The Labute approximate surface area is 192 Å². The van der Waals surface area contributed by atoms with Crippen molar-refractivity contribution in [3.8, 4) is 22.6 Å². The summed E-state index contributed by atoms with van der Waals surface area (Å²) in [5.41, 5.74) is 7.55. The highest BCUT2D eigenvalue weighted by atomic mass is 15.5. The van der Waals surface area contributed by atoms with Gasteiger partial charge in [-0.05, 0) is 66.4 Å². The molecule has 8 heteroatoms. The Kier molecular flexibility index (Phi) is 5.50. The van der Waals surface area contributed by atoms with Crippen LogP contribution in [0, 0.1) is 6.92 Å². The number of aromatic amines is 1. The summed E-state index contributed by atoms with van der Waals surface area (Å²) >= 11 is 0. The van der Waals surface area contributed by atoms with Crippen molar-refractivity contribution in [2.45, 2.75) is 53.1 Å². The minimum absolute atomic E-state index is 0.313. The van der Waals surface area contributed by atoms with E-state index in [-0.39, 0.29) is 0 Å². The van der Waals surface area contributed by atoms with Crippen LogP contribution in [0.25, 0.3) is 33.8 Å². The van der Waals surface area contributed by atoms with Crippen LogP contribution in [0.5, 0.6) is 0 Å². The lowest BCUT2D eigenvalue weighted by atomic mass is 10.0. The number of hydrogen-bond donors (Lipinski definition) is 1. The predicted molar refractivity (Wildman–Crippen MR) is 129 cm³/mol. The van der Waals surface area contributed by atoms with E-state index in [1.807, 2.05) is 12.3 Å². The Balaban J connectivity index is 1.52. The molecule has 0 spiro atoms. The van der Waals surface area contributed by atoms with Gasteiger partial charge in [-0.3, -0.25) is 0 Å². The van der Waals surface area contributed by atoms with Gasteiger partial charge in [0.05, 0.1) is 12.2 Å². The third-order valence-corrected chi connectivity index (χ3v) is 6.03. The smallest absolute Gasteiger partial charge is 0.181 e. The Hall–Kier alpha value is -3.81. The molecule has 0 radical (unpaired) electrons. The van der Waals surface area contributed by atoms with Gasteiger partial charge in [0, 0.05) is 30.4 Å². The number of aromatic nitrogens is 8. The summed E-state index contributed by atoms with van der Waals surface area (Å²) in [6.07, 6.45) is 5.94. The first-order valence-corrected chi connectivity index (χ1v) is 11.4. The van der Waals surface area contributed by atoms with Crippen molar-refractivity contribution in [2.24, 2.45) is 0 Å². The number of rotatable bonds is 7. The van der Waals surface area contributed by atoms with Crippen LogP contribution in [0.2, 0.25) is 0 Å². The molecule has 0 aliphatic rings. The Morgan fingerprint density at radius 1 is 1.06 bits per heavy atom. The van der Waals surface area contributed by atoms with Crippen LogP contribution in [-0.2, 0) is 13.0 Å². The molecule has 0 unspecified atom stereocenters. The molecule has 0 bridgehead atoms. The standard InChI is InChI=1S/C25H28N8/c1-5-6-21-27-22-17(4)11-13-26-25(22)33(21)15-18-7-9-19(10-8-18)23-20(24-28-30-31-29-24)12-14-32(23)16(2)3/h7-14,16H,5-6,15H2,1-4H3,(H,28,29,30,31). The van der Waals surface area contributed by atoms with Gasteiger partial charge in [0.1, 0.15) is 11.3 Å². The molecule has 8 nitrogen and oxygen atoms in total. The molecule has 5 rings (SSSR count). The van der Waals surface area contributed by atoms with E-state index in [0.717, 1.165) is 58.8 Å². The van der Waals surface area contributed by atoms with Crippen LogP contribution >= 0.6 is 0 Å². The SMILES string of the molecule is CCCc1nc2c(C)ccnc2n1Cc1ccc(-c2c(-c3nnn[nH]3)ccn2C(C)C)cc1. The van der Waals surface area contributed by atoms with Gasteiger partial charge < -0.3 is 9.13 Å². The molecular formula is C25H28N8. The summed E-state index contributed by atoms with van der Waals surface area (Å²) in [6.45, 7) is 9.37.